The van der Waals surface area contributed by atoms with E-state index in [1.807, 2.05) is 0 Å². The Balaban J connectivity index is 1.63. The molecule has 1 aliphatic heterocycles. The van der Waals surface area contributed by atoms with Crippen LogP contribution < -0.4 is 5.32 Å². The van der Waals surface area contributed by atoms with E-state index in [-0.39, 0.29) is 16.6 Å². The van der Waals surface area contributed by atoms with Gasteiger partial charge in [-0.25, -0.2) is 8.42 Å². The summed E-state index contributed by atoms with van der Waals surface area (Å²) in [6.07, 6.45) is 0. The second kappa shape index (κ2) is 9.03. The maximum atomic E-state index is 12.9. The Morgan fingerprint density at radius 2 is 2.04 bits per heavy atom. The van der Waals surface area contributed by atoms with E-state index in [1.165, 1.54) is 22.1 Å². The van der Waals surface area contributed by atoms with Gasteiger partial charge in [-0.3, -0.25) is 4.79 Å². The largest absolute Gasteiger partial charge is 0.379 e. The summed E-state index contributed by atoms with van der Waals surface area (Å²) in [5.41, 5.74) is 1.07. The lowest BCUT2D eigenvalue weighted by Crippen LogP contribution is -2.40. The Labute approximate surface area is 167 Å². The molecule has 1 aliphatic rings. The predicted octanol–water partition coefficient (Wildman–Crippen LogP) is 1.58. The zero-order chi connectivity index (χ0) is 20.1. The number of hydrogen-bond donors (Lipinski definition) is 1. The minimum absolute atomic E-state index is 0.188. The molecule has 0 atom stereocenters. The maximum Gasteiger partial charge on any atom is 0.243 e. The van der Waals surface area contributed by atoms with Crippen molar-refractivity contribution in [2.75, 3.05) is 37.4 Å². The average molecular weight is 427 g/mol. The van der Waals surface area contributed by atoms with Gasteiger partial charge in [0.25, 0.3) is 0 Å². The van der Waals surface area contributed by atoms with Crippen LogP contribution in [0.3, 0.4) is 0 Å². The number of ether oxygens (including phenoxy) is 1. The van der Waals surface area contributed by atoms with Gasteiger partial charge < -0.3 is 14.6 Å². The fraction of sp³-hybridized carbons (Fsp3) is 0.471. The Morgan fingerprint density at radius 1 is 1.29 bits per heavy atom. The van der Waals surface area contributed by atoms with Crippen molar-refractivity contribution in [1.82, 2.24) is 14.4 Å². The number of benzene rings is 1. The van der Waals surface area contributed by atoms with Crippen LogP contribution in [-0.2, 0) is 25.3 Å². The summed E-state index contributed by atoms with van der Waals surface area (Å²) in [6, 6.07) is 4.89. The number of hydrogen-bond acceptors (Lipinski definition) is 8. The molecular formula is C17H22N4O5S2. The van der Waals surface area contributed by atoms with Gasteiger partial charge in [-0.15, -0.1) is 11.8 Å². The van der Waals surface area contributed by atoms with Crippen molar-refractivity contribution >= 4 is 33.4 Å². The molecule has 0 radical (unpaired) electrons. The van der Waals surface area contributed by atoms with Crippen molar-refractivity contribution in [2.24, 2.45) is 0 Å². The number of amides is 1. The number of nitrogens with one attached hydrogen (secondary N) is 1. The van der Waals surface area contributed by atoms with Gasteiger partial charge in [-0.1, -0.05) is 11.2 Å². The second-order valence-electron chi connectivity index (χ2n) is 6.27. The summed E-state index contributed by atoms with van der Waals surface area (Å²) >= 11 is 1.35. The molecule has 0 bridgehead atoms. The van der Waals surface area contributed by atoms with Crippen molar-refractivity contribution in [3.8, 4) is 0 Å². The fourth-order valence-corrected chi connectivity index (χ4v) is 5.03. The molecule has 0 unspecified atom stereocenters. The van der Waals surface area contributed by atoms with Gasteiger partial charge >= 0.3 is 0 Å². The monoisotopic (exact) mass is 426 g/mol. The highest BCUT2D eigenvalue weighted by Gasteiger charge is 2.28. The smallest absolute Gasteiger partial charge is 0.243 e. The summed E-state index contributed by atoms with van der Waals surface area (Å²) in [7, 11) is -3.63. The van der Waals surface area contributed by atoms with Crippen molar-refractivity contribution in [2.45, 2.75) is 24.5 Å². The number of aromatic nitrogens is 2. The first kappa shape index (κ1) is 20.8. The van der Waals surface area contributed by atoms with E-state index in [0.717, 1.165) is 0 Å². The number of carbonyl (C=O) groups excluding carboxylic acids is 1. The van der Waals surface area contributed by atoms with E-state index in [2.05, 4.69) is 15.5 Å². The summed E-state index contributed by atoms with van der Waals surface area (Å²) in [5.74, 6) is 1.42. The quantitative estimate of drug-likeness (QED) is 0.710. The number of anilines is 1. The van der Waals surface area contributed by atoms with E-state index in [0.29, 0.717) is 55.0 Å². The van der Waals surface area contributed by atoms with Crippen molar-refractivity contribution < 1.29 is 22.5 Å². The number of aryl methyl sites for hydroxylation is 2. The average Bonchev–Trinajstić information content (AvgIpc) is 3.09. The molecule has 2 heterocycles. The molecule has 2 aromatic rings. The standard InChI is InChI=1S/C17H22N4O5S2/c1-12-3-4-14(9-15(12)28(23,24)21-5-7-25-8-6-21)19-17(22)11-27-10-16-18-13(2)26-20-16/h3-4,9H,5-8,10-11H2,1-2H3,(H,19,22). The van der Waals surface area contributed by atoms with Crippen LogP contribution >= 0.6 is 11.8 Å². The zero-order valence-electron chi connectivity index (χ0n) is 15.7. The Kier molecular flexibility index (Phi) is 6.70. The summed E-state index contributed by atoms with van der Waals surface area (Å²) in [4.78, 5) is 16.5. The molecule has 1 aromatic heterocycles. The van der Waals surface area contributed by atoms with Gasteiger partial charge in [-0.05, 0) is 24.6 Å². The number of carbonyl (C=O) groups is 1. The van der Waals surface area contributed by atoms with Crippen LogP contribution in [0.15, 0.2) is 27.6 Å². The second-order valence-corrected chi connectivity index (χ2v) is 9.16. The first-order chi connectivity index (χ1) is 13.4. The number of rotatable bonds is 7. The van der Waals surface area contributed by atoms with Crippen molar-refractivity contribution in [1.29, 1.82) is 0 Å². The molecule has 1 fully saturated rings. The lowest BCUT2D eigenvalue weighted by atomic mass is 10.2. The third-order valence-electron chi connectivity index (χ3n) is 4.09. The van der Waals surface area contributed by atoms with Gasteiger partial charge in [0, 0.05) is 25.7 Å². The highest BCUT2D eigenvalue weighted by atomic mass is 32.2. The zero-order valence-corrected chi connectivity index (χ0v) is 17.3. The van der Waals surface area contributed by atoms with Crippen LogP contribution in [-0.4, -0.2) is 60.8 Å². The molecule has 0 saturated carbocycles. The molecule has 0 spiro atoms. The molecule has 3 rings (SSSR count). The van der Waals surface area contributed by atoms with Gasteiger partial charge in [0.2, 0.25) is 21.8 Å². The van der Waals surface area contributed by atoms with E-state index in [1.54, 1.807) is 26.0 Å². The molecule has 1 saturated heterocycles. The van der Waals surface area contributed by atoms with Crippen LogP contribution in [0.2, 0.25) is 0 Å². The Morgan fingerprint density at radius 3 is 2.71 bits per heavy atom. The molecule has 1 aromatic carbocycles. The van der Waals surface area contributed by atoms with Gasteiger partial charge in [0.15, 0.2) is 5.82 Å². The summed E-state index contributed by atoms with van der Waals surface area (Å²) in [5, 5.41) is 6.51. The first-order valence-electron chi connectivity index (χ1n) is 8.71. The van der Waals surface area contributed by atoms with Gasteiger partial charge in [0.1, 0.15) is 0 Å². The summed E-state index contributed by atoms with van der Waals surface area (Å²) < 4.78 is 37.3. The van der Waals surface area contributed by atoms with Crippen LogP contribution in [0.4, 0.5) is 5.69 Å². The van der Waals surface area contributed by atoms with Crippen LogP contribution in [0.5, 0.6) is 0 Å². The molecule has 152 valence electrons. The molecule has 1 amide bonds. The topological polar surface area (TPSA) is 115 Å². The number of morpholine rings is 1. The third kappa shape index (κ3) is 5.10. The molecule has 9 nitrogen and oxygen atoms in total. The molecule has 11 heteroatoms. The Hall–Kier alpha value is -1.95. The van der Waals surface area contributed by atoms with Crippen LogP contribution in [0.1, 0.15) is 17.3 Å². The number of nitrogens with zero attached hydrogens (tertiary/aromatic N) is 3. The van der Waals surface area contributed by atoms with Crippen molar-refractivity contribution in [3.63, 3.8) is 0 Å². The lowest BCUT2D eigenvalue weighted by molar-refractivity contribution is -0.113. The molecule has 0 aliphatic carbocycles. The molecular weight excluding hydrogens is 404 g/mol. The van der Waals surface area contributed by atoms with Gasteiger partial charge in [-0.2, -0.15) is 9.29 Å². The van der Waals surface area contributed by atoms with E-state index in [4.69, 9.17) is 9.26 Å². The van der Waals surface area contributed by atoms with E-state index in [9.17, 15) is 13.2 Å². The third-order valence-corrected chi connectivity index (χ3v) is 7.06. The van der Waals surface area contributed by atoms with Crippen LogP contribution in [0, 0.1) is 13.8 Å². The Bertz CT molecular complexity index is 939. The lowest BCUT2D eigenvalue weighted by Gasteiger charge is -2.26. The van der Waals surface area contributed by atoms with E-state index >= 15 is 0 Å². The normalized spacial score (nSPS) is 15.5. The predicted molar refractivity (Wildman–Crippen MR) is 105 cm³/mol. The highest BCUT2D eigenvalue weighted by Crippen LogP contribution is 2.24. The van der Waals surface area contributed by atoms with Gasteiger partial charge in [0.05, 0.1) is 29.6 Å². The maximum absolute atomic E-state index is 12.9. The molecule has 1 N–H and O–H groups in total. The number of thioether (sulfide) groups is 1. The van der Waals surface area contributed by atoms with Crippen molar-refractivity contribution in [3.05, 3.63) is 35.5 Å². The molecule has 28 heavy (non-hydrogen) atoms. The fourth-order valence-electron chi connectivity index (χ4n) is 2.71. The van der Waals surface area contributed by atoms with E-state index < -0.39 is 10.0 Å². The highest BCUT2D eigenvalue weighted by molar-refractivity contribution is 7.99. The SMILES string of the molecule is Cc1nc(CSCC(=O)Nc2ccc(C)c(S(=O)(=O)N3CCOCC3)c2)no1. The minimum Gasteiger partial charge on any atom is -0.379 e. The number of sulfonamides is 1. The first-order valence-corrected chi connectivity index (χ1v) is 11.3. The summed E-state index contributed by atoms with van der Waals surface area (Å²) in [6.45, 7) is 4.85. The minimum atomic E-state index is -3.63. The van der Waals surface area contributed by atoms with Crippen LogP contribution in [0.25, 0.3) is 0 Å².